The van der Waals surface area contributed by atoms with Crippen LogP contribution in [0, 0.1) is 5.92 Å². The molecule has 1 aromatic rings. The number of carbonyl (C=O) groups excluding carboxylic acids is 1. The van der Waals surface area contributed by atoms with Gasteiger partial charge in [-0.15, -0.1) is 0 Å². The number of aryl methyl sites for hydroxylation is 1. The van der Waals surface area contributed by atoms with E-state index in [1.54, 1.807) is 17.9 Å². The van der Waals surface area contributed by atoms with Crippen LogP contribution in [0.2, 0.25) is 0 Å². The fourth-order valence-electron chi connectivity index (χ4n) is 2.01. The highest BCUT2D eigenvalue weighted by atomic mass is 16.5. The van der Waals surface area contributed by atoms with Gasteiger partial charge in [-0.2, -0.15) is 5.10 Å². The average Bonchev–Trinajstić information content (AvgIpc) is 2.84. The van der Waals surface area contributed by atoms with Crippen molar-refractivity contribution >= 4 is 11.7 Å². The van der Waals surface area contributed by atoms with Crippen LogP contribution < -0.4 is 11.1 Å². The number of nitrogens with two attached hydrogens (primary N) is 1. The Morgan fingerprint density at radius 1 is 1.76 bits per heavy atom. The molecular weight excluding hydrogens is 220 g/mol. The molecule has 0 aliphatic carbocycles. The Morgan fingerprint density at radius 2 is 2.53 bits per heavy atom. The fourth-order valence-corrected chi connectivity index (χ4v) is 2.01. The number of amides is 1. The largest absolute Gasteiger partial charge is 0.368 e. The van der Waals surface area contributed by atoms with Gasteiger partial charge in [0.2, 0.25) is 0 Å². The van der Waals surface area contributed by atoms with Crippen LogP contribution in [-0.4, -0.2) is 28.4 Å². The van der Waals surface area contributed by atoms with Gasteiger partial charge in [-0.1, -0.05) is 6.92 Å². The summed E-state index contributed by atoms with van der Waals surface area (Å²) >= 11 is 0. The van der Waals surface area contributed by atoms with Crippen LogP contribution in [0.1, 0.15) is 18.9 Å². The van der Waals surface area contributed by atoms with Gasteiger partial charge in [0.1, 0.15) is 6.10 Å². The fraction of sp³-hybridized carbons (Fsp3) is 0.636. The predicted octanol–water partition coefficient (Wildman–Crippen LogP) is 0.242. The Balaban J connectivity index is 2.07. The van der Waals surface area contributed by atoms with Crippen molar-refractivity contribution in [3.05, 3.63) is 11.8 Å². The van der Waals surface area contributed by atoms with Crippen molar-refractivity contribution in [3.8, 4) is 0 Å². The van der Waals surface area contributed by atoms with Crippen molar-refractivity contribution < 1.29 is 9.53 Å². The Bertz CT molecular complexity index is 416. The van der Waals surface area contributed by atoms with Crippen molar-refractivity contribution in [2.45, 2.75) is 26.0 Å². The van der Waals surface area contributed by atoms with E-state index in [9.17, 15) is 4.79 Å². The third-order valence-corrected chi connectivity index (χ3v) is 3.01. The van der Waals surface area contributed by atoms with Gasteiger partial charge in [-0.05, 0) is 12.3 Å². The molecule has 0 bridgehead atoms. The monoisotopic (exact) mass is 238 g/mol. The minimum absolute atomic E-state index is 0.136. The molecule has 2 heterocycles. The van der Waals surface area contributed by atoms with E-state index in [2.05, 4.69) is 10.4 Å². The van der Waals surface area contributed by atoms with Crippen LogP contribution in [0.5, 0.6) is 0 Å². The number of nitrogens with one attached hydrogen (secondary N) is 1. The zero-order valence-corrected chi connectivity index (χ0v) is 10.1. The number of hydrogen-bond acceptors (Lipinski definition) is 4. The summed E-state index contributed by atoms with van der Waals surface area (Å²) in [7, 11) is 1.80. The molecule has 1 aliphatic rings. The number of carbonyl (C=O) groups is 1. The molecule has 2 rings (SSSR count). The first-order valence-electron chi connectivity index (χ1n) is 5.77. The van der Waals surface area contributed by atoms with Crippen molar-refractivity contribution in [3.63, 3.8) is 0 Å². The Kier molecular flexibility index (Phi) is 3.44. The Morgan fingerprint density at radius 3 is 3.12 bits per heavy atom. The lowest BCUT2D eigenvalue weighted by atomic mass is 10.0. The van der Waals surface area contributed by atoms with E-state index in [-0.39, 0.29) is 17.9 Å². The molecule has 6 nitrogen and oxygen atoms in total. The van der Waals surface area contributed by atoms with Crippen molar-refractivity contribution in [2.75, 3.05) is 11.9 Å². The molecule has 1 aliphatic heterocycles. The molecule has 0 aromatic carbocycles. The third kappa shape index (κ3) is 2.48. The van der Waals surface area contributed by atoms with Gasteiger partial charge < -0.3 is 15.8 Å². The number of ether oxygens (including phenoxy) is 1. The molecule has 2 unspecified atom stereocenters. The zero-order valence-electron chi connectivity index (χ0n) is 10.1. The van der Waals surface area contributed by atoms with E-state index in [0.717, 1.165) is 12.0 Å². The van der Waals surface area contributed by atoms with Gasteiger partial charge in [-0.3, -0.25) is 9.48 Å². The standard InChI is InChI=1S/C11H18N4O2/c1-7-3-4-17-9(7)11(16)13-10-8(5-12)6-15(2)14-10/h6-7,9H,3-5,12H2,1-2H3,(H,13,14,16). The second-order valence-corrected chi connectivity index (χ2v) is 4.43. The van der Waals surface area contributed by atoms with E-state index < -0.39 is 0 Å². The number of rotatable bonds is 3. The smallest absolute Gasteiger partial charge is 0.254 e. The van der Waals surface area contributed by atoms with Crippen LogP contribution in [0.4, 0.5) is 5.82 Å². The zero-order chi connectivity index (χ0) is 12.4. The summed E-state index contributed by atoms with van der Waals surface area (Å²) in [6.07, 6.45) is 2.35. The first kappa shape index (κ1) is 12.1. The van der Waals surface area contributed by atoms with E-state index in [4.69, 9.17) is 10.5 Å². The molecule has 94 valence electrons. The molecule has 0 saturated carbocycles. The average molecular weight is 238 g/mol. The van der Waals surface area contributed by atoms with Crippen LogP contribution in [-0.2, 0) is 23.1 Å². The maximum absolute atomic E-state index is 12.0. The van der Waals surface area contributed by atoms with E-state index in [0.29, 0.717) is 19.0 Å². The second kappa shape index (κ2) is 4.85. The summed E-state index contributed by atoms with van der Waals surface area (Å²) in [5.41, 5.74) is 6.41. The van der Waals surface area contributed by atoms with Crippen molar-refractivity contribution in [1.29, 1.82) is 0 Å². The topological polar surface area (TPSA) is 82.2 Å². The second-order valence-electron chi connectivity index (χ2n) is 4.43. The van der Waals surface area contributed by atoms with Gasteiger partial charge in [0.15, 0.2) is 5.82 Å². The Hall–Kier alpha value is -1.40. The SMILES string of the molecule is CC1CCOC1C(=O)Nc1nn(C)cc1CN. The van der Waals surface area contributed by atoms with Crippen molar-refractivity contribution in [1.82, 2.24) is 9.78 Å². The van der Waals surface area contributed by atoms with E-state index in [1.807, 2.05) is 6.92 Å². The number of aromatic nitrogens is 2. The molecule has 3 N–H and O–H groups in total. The maximum Gasteiger partial charge on any atom is 0.254 e. The van der Waals surface area contributed by atoms with Crippen LogP contribution in [0.15, 0.2) is 6.20 Å². The summed E-state index contributed by atoms with van der Waals surface area (Å²) in [6.45, 7) is 3.01. The third-order valence-electron chi connectivity index (χ3n) is 3.01. The van der Waals surface area contributed by atoms with Gasteiger partial charge >= 0.3 is 0 Å². The number of hydrogen-bond donors (Lipinski definition) is 2. The number of anilines is 1. The van der Waals surface area contributed by atoms with E-state index >= 15 is 0 Å². The molecule has 1 saturated heterocycles. The molecule has 17 heavy (non-hydrogen) atoms. The highest BCUT2D eigenvalue weighted by molar-refractivity contribution is 5.94. The van der Waals surface area contributed by atoms with Gasteiger partial charge in [0.25, 0.3) is 5.91 Å². The van der Waals surface area contributed by atoms with Crippen LogP contribution >= 0.6 is 0 Å². The van der Waals surface area contributed by atoms with Crippen LogP contribution in [0.25, 0.3) is 0 Å². The lowest BCUT2D eigenvalue weighted by Crippen LogP contribution is -2.31. The minimum Gasteiger partial charge on any atom is -0.368 e. The molecule has 0 radical (unpaired) electrons. The highest BCUT2D eigenvalue weighted by Gasteiger charge is 2.31. The normalized spacial score (nSPS) is 23.9. The molecule has 6 heteroatoms. The molecule has 1 fully saturated rings. The summed E-state index contributed by atoms with van der Waals surface area (Å²) in [5.74, 6) is 0.645. The first-order chi connectivity index (χ1) is 8.11. The quantitative estimate of drug-likeness (QED) is 0.790. The maximum atomic E-state index is 12.0. The summed E-state index contributed by atoms with van der Waals surface area (Å²) in [5, 5.41) is 6.95. The van der Waals surface area contributed by atoms with Crippen molar-refractivity contribution in [2.24, 2.45) is 18.7 Å². The first-order valence-corrected chi connectivity index (χ1v) is 5.77. The highest BCUT2D eigenvalue weighted by Crippen LogP contribution is 2.22. The lowest BCUT2D eigenvalue weighted by Gasteiger charge is -2.13. The lowest BCUT2D eigenvalue weighted by molar-refractivity contribution is -0.126. The number of nitrogens with zero attached hydrogens (tertiary/aromatic N) is 2. The summed E-state index contributed by atoms with van der Waals surface area (Å²) < 4.78 is 7.04. The molecule has 2 atom stereocenters. The Labute approximate surface area is 100 Å². The van der Waals surface area contributed by atoms with Gasteiger partial charge in [0.05, 0.1) is 0 Å². The molecular formula is C11H18N4O2. The van der Waals surface area contributed by atoms with Gasteiger partial charge in [0, 0.05) is 32.0 Å². The predicted molar refractivity (Wildman–Crippen MR) is 63.3 cm³/mol. The van der Waals surface area contributed by atoms with Gasteiger partial charge in [-0.25, -0.2) is 0 Å². The molecule has 1 amide bonds. The minimum atomic E-state index is -0.373. The molecule has 0 spiro atoms. The summed E-state index contributed by atoms with van der Waals surface area (Å²) in [6, 6.07) is 0. The molecule has 1 aromatic heterocycles. The van der Waals surface area contributed by atoms with Crippen LogP contribution in [0.3, 0.4) is 0 Å². The summed E-state index contributed by atoms with van der Waals surface area (Å²) in [4.78, 5) is 12.0. The van der Waals surface area contributed by atoms with E-state index in [1.165, 1.54) is 0 Å².